The molecule has 0 atom stereocenters. The van der Waals surface area contributed by atoms with E-state index in [2.05, 4.69) is 4.37 Å². The summed E-state index contributed by atoms with van der Waals surface area (Å²) in [6.45, 7) is 0. The molecule has 1 aromatic carbocycles. The van der Waals surface area contributed by atoms with Gasteiger partial charge in [0.1, 0.15) is 5.69 Å². The van der Waals surface area contributed by atoms with Crippen LogP contribution in [-0.4, -0.2) is 15.6 Å². The van der Waals surface area contributed by atoms with Crippen molar-refractivity contribution in [2.24, 2.45) is 0 Å². The van der Waals surface area contributed by atoms with Crippen LogP contribution in [0.25, 0.3) is 10.1 Å². The van der Waals surface area contributed by atoms with Gasteiger partial charge in [0, 0.05) is 17.5 Å². The van der Waals surface area contributed by atoms with E-state index in [1.165, 1.54) is 12.1 Å². The molecule has 1 aromatic heterocycles. The lowest BCUT2D eigenvalue weighted by atomic mass is 10.2. The maximum atomic E-state index is 10.5. The molecule has 1 heterocycles. The fraction of sp³-hybridized carbons (Fsp3) is 0. The number of fused-ring (bicyclic) bond motifs is 1. The minimum atomic E-state index is -0.494. The van der Waals surface area contributed by atoms with E-state index in [0.29, 0.717) is 11.7 Å². The zero-order chi connectivity index (χ0) is 10.1. The van der Waals surface area contributed by atoms with E-state index >= 15 is 0 Å². The highest BCUT2D eigenvalue weighted by Gasteiger charge is 2.10. The summed E-state index contributed by atoms with van der Waals surface area (Å²) in [5, 5.41) is 11.0. The number of benzene rings is 1. The zero-order valence-electron chi connectivity index (χ0n) is 6.84. The number of non-ortho nitro benzene ring substituents is 1. The highest BCUT2D eigenvalue weighted by Crippen LogP contribution is 2.25. The van der Waals surface area contributed by atoms with Crippen molar-refractivity contribution in [3.05, 3.63) is 34.0 Å². The molecule has 0 saturated heterocycles. The number of aromatic nitrogens is 1. The Morgan fingerprint density at radius 1 is 1.50 bits per heavy atom. The summed E-state index contributed by atoms with van der Waals surface area (Å²) in [6, 6.07) is 4.36. The number of nitrogens with zero attached hydrogens (tertiary/aromatic N) is 2. The normalized spacial score (nSPS) is 10.3. The standard InChI is InChI=1S/C8H4N2O3S/c11-4-7-6-3-5(10(12)13)1-2-8(6)14-9-7/h1-4H. The predicted octanol–water partition coefficient (Wildman–Crippen LogP) is 2.02. The van der Waals surface area contributed by atoms with Crippen molar-refractivity contribution < 1.29 is 9.72 Å². The van der Waals surface area contributed by atoms with E-state index in [4.69, 9.17) is 0 Å². The van der Waals surface area contributed by atoms with Gasteiger partial charge >= 0.3 is 0 Å². The number of nitro groups is 1. The molecular formula is C8H4N2O3S. The van der Waals surface area contributed by atoms with Gasteiger partial charge in [-0.15, -0.1) is 0 Å². The summed E-state index contributed by atoms with van der Waals surface area (Å²) in [5.74, 6) is 0. The molecule has 70 valence electrons. The molecule has 0 spiro atoms. The Morgan fingerprint density at radius 3 is 2.93 bits per heavy atom. The molecule has 0 bridgehead atoms. The second-order valence-electron chi connectivity index (χ2n) is 2.62. The molecule has 0 radical (unpaired) electrons. The first-order chi connectivity index (χ1) is 6.72. The van der Waals surface area contributed by atoms with Gasteiger partial charge in [-0.2, -0.15) is 4.37 Å². The number of aldehydes is 1. The van der Waals surface area contributed by atoms with Gasteiger partial charge in [-0.1, -0.05) is 0 Å². The average Bonchev–Trinajstić information content (AvgIpc) is 2.59. The number of nitro benzene ring substituents is 1. The summed E-state index contributed by atoms with van der Waals surface area (Å²) in [6.07, 6.45) is 0.600. The monoisotopic (exact) mass is 208 g/mol. The van der Waals surface area contributed by atoms with Gasteiger partial charge in [-0.25, -0.2) is 0 Å². The van der Waals surface area contributed by atoms with E-state index in [1.54, 1.807) is 6.07 Å². The third-order valence-electron chi connectivity index (χ3n) is 1.80. The van der Waals surface area contributed by atoms with E-state index in [0.717, 1.165) is 16.2 Å². The summed E-state index contributed by atoms with van der Waals surface area (Å²) in [5.41, 5.74) is 0.231. The second kappa shape index (κ2) is 3.15. The Morgan fingerprint density at radius 2 is 2.29 bits per heavy atom. The van der Waals surface area contributed by atoms with Gasteiger partial charge in [0.2, 0.25) is 0 Å². The predicted molar refractivity (Wildman–Crippen MR) is 51.7 cm³/mol. The van der Waals surface area contributed by atoms with Crippen LogP contribution in [0.15, 0.2) is 18.2 Å². The van der Waals surface area contributed by atoms with Crippen molar-refractivity contribution in [3.63, 3.8) is 0 Å². The van der Waals surface area contributed by atoms with Gasteiger partial charge in [-0.3, -0.25) is 14.9 Å². The van der Waals surface area contributed by atoms with Crippen LogP contribution in [0.5, 0.6) is 0 Å². The molecule has 0 unspecified atom stereocenters. The molecule has 0 aliphatic carbocycles. The number of hydrogen-bond donors (Lipinski definition) is 0. The summed E-state index contributed by atoms with van der Waals surface area (Å²) in [7, 11) is 0. The third-order valence-corrected chi connectivity index (χ3v) is 2.64. The fourth-order valence-electron chi connectivity index (χ4n) is 1.14. The van der Waals surface area contributed by atoms with Crippen LogP contribution in [-0.2, 0) is 0 Å². The molecule has 0 fully saturated rings. The molecule has 0 saturated carbocycles. The fourth-order valence-corrected chi connectivity index (χ4v) is 1.87. The topological polar surface area (TPSA) is 73.1 Å². The maximum Gasteiger partial charge on any atom is 0.270 e. The van der Waals surface area contributed by atoms with Gasteiger partial charge in [-0.05, 0) is 17.6 Å². The van der Waals surface area contributed by atoms with Crippen LogP contribution in [0.3, 0.4) is 0 Å². The lowest BCUT2D eigenvalue weighted by molar-refractivity contribution is -0.384. The Hall–Kier alpha value is -1.82. The Bertz CT molecular complexity index is 520. The molecule has 2 rings (SSSR count). The minimum Gasteiger partial charge on any atom is -0.296 e. The molecule has 0 N–H and O–H groups in total. The van der Waals surface area contributed by atoms with Gasteiger partial charge < -0.3 is 0 Å². The molecule has 5 nitrogen and oxygen atoms in total. The summed E-state index contributed by atoms with van der Waals surface area (Å²) >= 11 is 1.16. The van der Waals surface area contributed by atoms with Gasteiger partial charge in [0.05, 0.1) is 9.62 Å². The Labute approximate surface area is 82.3 Å². The van der Waals surface area contributed by atoms with E-state index < -0.39 is 4.92 Å². The van der Waals surface area contributed by atoms with E-state index in [-0.39, 0.29) is 11.4 Å². The van der Waals surface area contributed by atoms with Crippen LogP contribution in [0, 0.1) is 10.1 Å². The molecular weight excluding hydrogens is 204 g/mol. The van der Waals surface area contributed by atoms with Crippen molar-refractivity contribution >= 4 is 33.6 Å². The van der Waals surface area contributed by atoms with Crippen LogP contribution in [0.1, 0.15) is 10.5 Å². The second-order valence-corrected chi connectivity index (χ2v) is 3.43. The minimum absolute atomic E-state index is 0.0270. The molecule has 14 heavy (non-hydrogen) atoms. The summed E-state index contributed by atoms with van der Waals surface area (Å²) in [4.78, 5) is 20.5. The van der Waals surface area contributed by atoms with Crippen molar-refractivity contribution in [1.82, 2.24) is 4.37 Å². The first-order valence-corrected chi connectivity index (χ1v) is 4.48. The first-order valence-electron chi connectivity index (χ1n) is 3.71. The molecule has 6 heteroatoms. The maximum absolute atomic E-state index is 10.5. The van der Waals surface area contributed by atoms with Crippen LogP contribution in [0.2, 0.25) is 0 Å². The van der Waals surface area contributed by atoms with Crippen LogP contribution in [0.4, 0.5) is 5.69 Å². The van der Waals surface area contributed by atoms with E-state index in [9.17, 15) is 14.9 Å². The van der Waals surface area contributed by atoms with Crippen LogP contribution < -0.4 is 0 Å². The van der Waals surface area contributed by atoms with Crippen LogP contribution >= 0.6 is 11.5 Å². The molecule has 0 amide bonds. The van der Waals surface area contributed by atoms with E-state index in [1.807, 2.05) is 0 Å². The SMILES string of the molecule is O=Cc1nsc2ccc([N+](=O)[O-])cc12. The lowest BCUT2D eigenvalue weighted by Crippen LogP contribution is -1.87. The largest absolute Gasteiger partial charge is 0.296 e. The number of carbonyl (C=O) groups excluding carboxylic acids is 1. The molecule has 2 aromatic rings. The number of hydrogen-bond acceptors (Lipinski definition) is 5. The highest BCUT2D eigenvalue weighted by atomic mass is 32.1. The smallest absolute Gasteiger partial charge is 0.270 e. The third kappa shape index (κ3) is 1.25. The zero-order valence-corrected chi connectivity index (χ0v) is 7.65. The molecule has 0 aliphatic rings. The lowest BCUT2D eigenvalue weighted by Gasteiger charge is -1.90. The van der Waals surface area contributed by atoms with Crippen molar-refractivity contribution in [2.75, 3.05) is 0 Å². The van der Waals surface area contributed by atoms with Gasteiger partial charge in [0.25, 0.3) is 5.69 Å². The molecule has 0 aliphatic heterocycles. The van der Waals surface area contributed by atoms with Crippen molar-refractivity contribution in [1.29, 1.82) is 0 Å². The Kier molecular flexibility index (Phi) is 1.97. The quantitative estimate of drug-likeness (QED) is 0.430. The number of carbonyl (C=O) groups is 1. The number of rotatable bonds is 2. The Balaban J connectivity index is 2.73. The highest BCUT2D eigenvalue weighted by molar-refractivity contribution is 7.13. The van der Waals surface area contributed by atoms with Crippen molar-refractivity contribution in [2.45, 2.75) is 0 Å². The van der Waals surface area contributed by atoms with Gasteiger partial charge in [0.15, 0.2) is 6.29 Å². The average molecular weight is 208 g/mol. The van der Waals surface area contributed by atoms with Crippen molar-refractivity contribution in [3.8, 4) is 0 Å². The first kappa shape index (κ1) is 8.76. The summed E-state index contributed by atoms with van der Waals surface area (Å²) < 4.78 is 4.64.